The number of hydroxylamine groups is 2. The van der Waals surface area contributed by atoms with Crippen molar-refractivity contribution < 1.29 is 14.4 Å². The molecule has 2 saturated heterocycles. The highest BCUT2D eigenvalue weighted by Crippen LogP contribution is 2.37. The zero-order chi connectivity index (χ0) is 9.31. The Balaban J connectivity index is 1.66. The van der Waals surface area contributed by atoms with Gasteiger partial charge in [0, 0.05) is 24.9 Å². The predicted molar refractivity (Wildman–Crippen MR) is 45.8 cm³/mol. The molecule has 74 valence electrons. The summed E-state index contributed by atoms with van der Waals surface area (Å²) in [7, 11) is 0. The molecule has 0 aliphatic carbocycles. The van der Waals surface area contributed by atoms with E-state index in [2.05, 4.69) is 0 Å². The molecule has 13 heavy (non-hydrogen) atoms. The normalized spacial score (nSPS) is 25.0. The monoisotopic (exact) mass is 185 g/mol. The zero-order valence-corrected chi connectivity index (χ0v) is 7.91. The molecule has 2 heterocycles. The number of carbonyl (C=O) groups excluding carboxylic acids is 1. The average molecular weight is 185 g/mol. The smallest absolute Gasteiger partial charge is 0.325 e. The quantitative estimate of drug-likeness (QED) is 0.644. The van der Waals surface area contributed by atoms with E-state index in [4.69, 9.17) is 9.57 Å². The Bertz CT molecular complexity index is 205. The van der Waals surface area contributed by atoms with Gasteiger partial charge in [0.2, 0.25) is 0 Å². The zero-order valence-electron chi connectivity index (χ0n) is 7.91. The summed E-state index contributed by atoms with van der Waals surface area (Å²) < 4.78 is 5.11. The van der Waals surface area contributed by atoms with Crippen LogP contribution in [-0.2, 0) is 14.4 Å². The molecule has 0 bridgehead atoms. The number of rotatable bonds is 3. The molecule has 0 amide bonds. The van der Waals surface area contributed by atoms with E-state index in [1.165, 1.54) is 0 Å². The molecule has 1 spiro atoms. The van der Waals surface area contributed by atoms with Crippen LogP contribution in [0.2, 0.25) is 0 Å². The minimum absolute atomic E-state index is 0.113. The van der Waals surface area contributed by atoms with Gasteiger partial charge in [0.05, 0.1) is 13.2 Å². The van der Waals surface area contributed by atoms with Crippen molar-refractivity contribution in [1.82, 2.24) is 5.06 Å². The van der Waals surface area contributed by atoms with Gasteiger partial charge in [-0.1, -0.05) is 6.92 Å². The van der Waals surface area contributed by atoms with E-state index in [0.29, 0.717) is 11.8 Å². The van der Waals surface area contributed by atoms with Gasteiger partial charge in [-0.3, -0.25) is 4.79 Å². The first-order valence-electron chi connectivity index (χ1n) is 4.78. The van der Waals surface area contributed by atoms with Gasteiger partial charge in [0.25, 0.3) is 0 Å². The molecule has 2 fully saturated rings. The fourth-order valence-electron chi connectivity index (χ4n) is 1.73. The lowest BCUT2D eigenvalue weighted by atomic mass is 9.80. The minimum Gasteiger partial charge on any atom is -0.380 e. The molecule has 2 rings (SSSR count). The first-order chi connectivity index (χ1) is 6.24. The lowest BCUT2D eigenvalue weighted by molar-refractivity contribution is -0.290. The lowest BCUT2D eigenvalue weighted by Crippen LogP contribution is -2.65. The van der Waals surface area contributed by atoms with E-state index in [9.17, 15) is 4.79 Å². The Morgan fingerprint density at radius 2 is 2.23 bits per heavy atom. The van der Waals surface area contributed by atoms with E-state index in [1.807, 2.05) is 6.92 Å². The number of carbonyl (C=O) groups is 1. The molecular weight excluding hydrogens is 170 g/mol. The van der Waals surface area contributed by atoms with Gasteiger partial charge in [-0.05, 0) is 6.42 Å². The first-order valence-corrected chi connectivity index (χ1v) is 4.78. The fourth-order valence-corrected chi connectivity index (χ4v) is 1.73. The van der Waals surface area contributed by atoms with Gasteiger partial charge in [0.15, 0.2) is 0 Å². The lowest BCUT2D eigenvalue weighted by Gasteiger charge is -2.53. The Labute approximate surface area is 77.7 Å². The summed E-state index contributed by atoms with van der Waals surface area (Å²) >= 11 is 0. The summed E-state index contributed by atoms with van der Waals surface area (Å²) in [5.74, 6) is -0.113. The molecule has 0 aromatic rings. The van der Waals surface area contributed by atoms with Crippen LogP contribution in [-0.4, -0.2) is 37.3 Å². The van der Waals surface area contributed by atoms with Crippen molar-refractivity contribution in [3.63, 3.8) is 0 Å². The second-order valence-corrected chi connectivity index (χ2v) is 4.00. The third kappa shape index (κ3) is 1.69. The second-order valence-electron chi connectivity index (χ2n) is 4.00. The van der Waals surface area contributed by atoms with Crippen LogP contribution in [0.15, 0.2) is 0 Å². The predicted octanol–water partition coefficient (Wildman–Crippen LogP) is 0.577. The van der Waals surface area contributed by atoms with Crippen molar-refractivity contribution in [2.75, 3.05) is 26.3 Å². The van der Waals surface area contributed by atoms with Crippen LogP contribution >= 0.6 is 0 Å². The first kappa shape index (κ1) is 8.97. The number of ether oxygens (including phenoxy) is 1. The maximum atomic E-state index is 11.1. The van der Waals surface area contributed by atoms with E-state index in [1.54, 1.807) is 5.06 Å². The van der Waals surface area contributed by atoms with Gasteiger partial charge in [-0.2, -0.15) is 0 Å². The molecule has 0 aromatic carbocycles. The molecule has 4 nitrogen and oxygen atoms in total. The summed E-state index contributed by atoms with van der Waals surface area (Å²) in [6.45, 7) is 5.33. The molecule has 2 aliphatic rings. The summed E-state index contributed by atoms with van der Waals surface area (Å²) in [5, 5.41) is 1.74. The van der Waals surface area contributed by atoms with Crippen LogP contribution in [0.3, 0.4) is 0 Å². The summed E-state index contributed by atoms with van der Waals surface area (Å²) in [6.07, 6.45) is 1.36. The van der Waals surface area contributed by atoms with Crippen molar-refractivity contribution in [2.45, 2.75) is 19.8 Å². The maximum absolute atomic E-state index is 11.1. The summed E-state index contributed by atoms with van der Waals surface area (Å²) in [5.41, 5.74) is 0.326. The Kier molecular flexibility index (Phi) is 2.26. The average Bonchev–Trinajstić information content (AvgIpc) is 1.92. The topological polar surface area (TPSA) is 38.8 Å². The van der Waals surface area contributed by atoms with Gasteiger partial charge in [-0.25, -0.2) is 0 Å². The summed E-state index contributed by atoms with van der Waals surface area (Å²) in [4.78, 5) is 16.2. The largest absolute Gasteiger partial charge is 0.380 e. The summed E-state index contributed by atoms with van der Waals surface area (Å²) in [6, 6.07) is 0. The van der Waals surface area contributed by atoms with Gasteiger partial charge in [0.1, 0.15) is 0 Å². The fraction of sp³-hybridized carbons (Fsp3) is 0.889. The van der Waals surface area contributed by atoms with Gasteiger partial charge >= 0.3 is 5.97 Å². The third-order valence-electron chi connectivity index (χ3n) is 2.53. The highest BCUT2D eigenvalue weighted by Gasteiger charge is 2.50. The molecule has 0 saturated carbocycles. The van der Waals surface area contributed by atoms with Crippen molar-refractivity contribution >= 4 is 5.97 Å². The van der Waals surface area contributed by atoms with Crippen LogP contribution in [0.5, 0.6) is 0 Å². The van der Waals surface area contributed by atoms with Gasteiger partial charge in [-0.15, -0.1) is 5.06 Å². The molecule has 0 aromatic heterocycles. The van der Waals surface area contributed by atoms with E-state index >= 15 is 0 Å². The van der Waals surface area contributed by atoms with E-state index in [-0.39, 0.29) is 5.97 Å². The second kappa shape index (κ2) is 3.27. The highest BCUT2D eigenvalue weighted by atomic mass is 16.7. The molecule has 0 N–H and O–H groups in total. The van der Waals surface area contributed by atoms with Crippen molar-refractivity contribution in [1.29, 1.82) is 0 Å². The van der Waals surface area contributed by atoms with Crippen LogP contribution in [0, 0.1) is 5.41 Å². The van der Waals surface area contributed by atoms with Crippen LogP contribution in [0.25, 0.3) is 0 Å². The molecular formula is C9H15NO3. The maximum Gasteiger partial charge on any atom is 0.325 e. The van der Waals surface area contributed by atoms with Crippen LogP contribution < -0.4 is 0 Å². The molecule has 0 radical (unpaired) electrons. The molecule has 0 unspecified atom stereocenters. The van der Waals surface area contributed by atoms with Crippen molar-refractivity contribution in [2.24, 2.45) is 5.41 Å². The van der Waals surface area contributed by atoms with E-state index < -0.39 is 0 Å². The van der Waals surface area contributed by atoms with Gasteiger partial charge < -0.3 is 9.57 Å². The number of nitrogens with zero attached hydrogens (tertiary/aromatic N) is 1. The van der Waals surface area contributed by atoms with Crippen LogP contribution in [0.4, 0.5) is 0 Å². The number of hydrogen-bond acceptors (Lipinski definition) is 4. The standard InChI is InChI=1S/C9H15NO3/c1-2-3-8(11)13-10-4-9(5-10)6-12-7-9/h2-7H2,1H3. The Morgan fingerprint density at radius 1 is 1.54 bits per heavy atom. The Morgan fingerprint density at radius 3 is 2.69 bits per heavy atom. The van der Waals surface area contributed by atoms with E-state index in [0.717, 1.165) is 32.7 Å². The minimum atomic E-state index is -0.113. The van der Waals surface area contributed by atoms with Crippen molar-refractivity contribution in [3.8, 4) is 0 Å². The molecule has 2 aliphatic heterocycles. The third-order valence-corrected chi connectivity index (χ3v) is 2.53. The Hall–Kier alpha value is -0.610. The highest BCUT2D eigenvalue weighted by molar-refractivity contribution is 5.68. The van der Waals surface area contributed by atoms with Crippen LogP contribution in [0.1, 0.15) is 19.8 Å². The molecule has 4 heteroatoms. The number of hydrogen-bond donors (Lipinski definition) is 0. The van der Waals surface area contributed by atoms with Crippen molar-refractivity contribution in [3.05, 3.63) is 0 Å². The molecule has 0 atom stereocenters. The SMILES string of the molecule is CCCC(=O)ON1CC2(COC2)C1.